The summed E-state index contributed by atoms with van der Waals surface area (Å²) in [5, 5.41) is 30.4. The average molecular weight is 761 g/mol. The average Bonchev–Trinajstić information content (AvgIpc) is 3.51. The van der Waals surface area contributed by atoms with Gasteiger partial charge in [0.1, 0.15) is 11.5 Å². The van der Waals surface area contributed by atoms with Gasteiger partial charge in [0.05, 0.1) is 30.8 Å². The molecule has 0 radical (unpaired) electrons. The summed E-state index contributed by atoms with van der Waals surface area (Å²) in [7, 11) is 4.45. The number of esters is 1. The number of benzene rings is 2. The highest BCUT2D eigenvalue weighted by Crippen LogP contribution is 2.72. The number of rotatable bonds is 10. The second-order valence-corrected chi connectivity index (χ2v) is 15.6. The van der Waals surface area contributed by atoms with E-state index < -0.39 is 53.8 Å². The number of methoxy groups -OCH3 is 2. The maximum Gasteiger partial charge on any atom is 0.428 e. The van der Waals surface area contributed by atoms with Crippen molar-refractivity contribution in [3.63, 3.8) is 0 Å². The third-order valence-electron chi connectivity index (χ3n) is 12.8. The number of phenolic OH excluding ortho intramolecular Hbond substituents is 1. The van der Waals surface area contributed by atoms with E-state index in [0.717, 1.165) is 23.8 Å². The van der Waals surface area contributed by atoms with E-state index in [2.05, 4.69) is 25.2 Å². The molecule has 4 N–H and O–H groups in total. The molecule has 4 unspecified atom stereocenters. The largest absolute Gasteiger partial charge is 0.504 e. The van der Waals surface area contributed by atoms with Crippen LogP contribution in [-0.2, 0) is 26.3 Å². The van der Waals surface area contributed by atoms with Gasteiger partial charge in [-0.15, -0.1) is 0 Å². The summed E-state index contributed by atoms with van der Waals surface area (Å²) in [6, 6.07) is -0.432. The Balaban J connectivity index is 1.22. The Labute approximate surface area is 311 Å². The number of piperazine rings is 1. The molecular formula is C38H47F3N4O9. The minimum absolute atomic E-state index is 0.0444. The highest BCUT2D eigenvalue weighted by molar-refractivity contribution is 5.79. The highest BCUT2D eigenvalue weighted by Gasteiger charge is 2.78. The molecule has 16 heteroatoms. The predicted molar refractivity (Wildman–Crippen MR) is 185 cm³/mol. The van der Waals surface area contributed by atoms with Crippen LogP contribution in [0.15, 0.2) is 6.07 Å². The van der Waals surface area contributed by atoms with Gasteiger partial charge in [-0.25, -0.2) is 0 Å². The van der Waals surface area contributed by atoms with Crippen molar-refractivity contribution in [2.75, 3.05) is 28.1 Å². The molecule has 13 nitrogen and oxygen atoms in total. The van der Waals surface area contributed by atoms with Gasteiger partial charge in [-0.05, 0) is 57.7 Å². The van der Waals surface area contributed by atoms with Crippen molar-refractivity contribution in [1.29, 1.82) is 0 Å². The van der Waals surface area contributed by atoms with Gasteiger partial charge < -0.3 is 39.2 Å². The zero-order valence-corrected chi connectivity index (χ0v) is 31.3. The lowest BCUT2D eigenvalue weighted by Gasteiger charge is -2.72. The summed E-state index contributed by atoms with van der Waals surface area (Å²) in [4.78, 5) is 30.6. The zero-order valence-electron chi connectivity index (χ0n) is 31.3. The number of halogens is 3. The number of ether oxygens (including phenoxy) is 5. The van der Waals surface area contributed by atoms with Crippen molar-refractivity contribution in [3.05, 3.63) is 39.4 Å². The number of hydrogen-bond acceptors (Lipinski definition) is 12. The van der Waals surface area contributed by atoms with Crippen LogP contribution in [0.5, 0.6) is 28.7 Å². The summed E-state index contributed by atoms with van der Waals surface area (Å²) < 4.78 is 68.7. The van der Waals surface area contributed by atoms with Crippen molar-refractivity contribution in [2.45, 2.75) is 126 Å². The monoisotopic (exact) mass is 760 g/mol. The summed E-state index contributed by atoms with van der Waals surface area (Å²) in [6.45, 7) is 6.67. The summed E-state index contributed by atoms with van der Waals surface area (Å²) in [5.41, 5.74) is 2.01. The van der Waals surface area contributed by atoms with E-state index in [-0.39, 0.29) is 43.3 Å². The lowest BCUT2D eigenvalue weighted by Crippen LogP contribution is -2.83. The fraction of sp³-hybridized carbons (Fsp3) is 0.632. The molecule has 2 saturated carbocycles. The number of likely N-dealkylation sites (N-methyl/N-ethyl adjacent to an activating group) is 1. The normalized spacial score (nSPS) is 31.1. The zero-order chi connectivity index (χ0) is 38.8. The van der Waals surface area contributed by atoms with Crippen molar-refractivity contribution in [2.24, 2.45) is 0 Å². The number of carbonyl (C=O) groups excluding carboxylic acids is 2. The molecule has 8 rings (SSSR count). The molecule has 2 aromatic carbocycles. The van der Waals surface area contributed by atoms with Gasteiger partial charge in [-0.1, -0.05) is 13.0 Å². The minimum atomic E-state index is -4.62. The smallest absolute Gasteiger partial charge is 0.428 e. The lowest BCUT2D eigenvalue weighted by atomic mass is 9.56. The fourth-order valence-corrected chi connectivity index (χ4v) is 10.7. The summed E-state index contributed by atoms with van der Waals surface area (Å²) in [6.07, 6.45) is -5.36. The molecule has 54 heavy (non-hydrogen) atoms. The van der Waals surface area contributed by atoms with E-state index in [1.54, 1.807) is 13.8 Å². The maximum absolute atomic E-state index is 13.7. The number of carbonyl (C=O) groups is 2. The summed E-state index contributed by atoms with van der Waals surface area (Å²) in [5.74, 6) is 0.647. The lowest BCUT2D eigenvalue weighted by molar-refractivity contribution is -0.306. The molecule has 1 spiro atoms. The molecule has 2 bridgehead atoms. The number of amides is 1. The van der Waals surface area contributed by atoms with E-state index >= 15 is 0 Å². The number of aryl methyl sites for hydroxylation is 1. The first-order chi connectivity index (χ1) is 25.5. The molecule has 6 aliphatic rings. The van der Waals surface area contributed by atoms with Crippen molar-refractivity contribution in [3.8, 4) is 28.7 Å². The Kier molecular flexibility index (Phi) is 8.66. The molecule has 0 aromatic heterocycles. The Bertz CT molecular complexity index is 1930. The first kappa shape index (κ1) is 37.1. The van der Waals surface area contributed by atoms with Gasteiger partial charge >= 0.3 is 12.1 Å². The van der Waals surface area contributed by atoms with Crippen LogP contribution in [0.3, 0.4) is 0 Å². The summed E-state index contributed by atoms with van der Waals surface area (Å²) >= 11 is 0. The number of phenols is 1. The van der Waals surface area contributed by atoms with Crippen LogP contribution in [0, 0.1) is 13.8 Å². The molecule has 2 aliphatic carbocycles. The quantitative estimate of drug-likeness (QED) is 0.158. The van der Waals surface area contributed by atoms with Gasteiger partial charge in [-0.2, -0.15) is 13.2 Å². The second kappa shape index (κ2) is 12.6. The van der Waals surface area contributed by atoms with E-state index in [1.165, 1.54) is 14.0 Å². The molecule has 3 fully saturated rings. The van der Waals surface area contributed by atoms with E-state index in [0.29, 0.717) is 65.4 Å². The predicted octanol–water partition coefficient (Wildman–Crippen LogP) is 3.91. The van der Waals surface area contributed by atoms with Crippen LogP contribution in [0.1, 0.15) is 91.3 Å². The molecule has 294 valence electrons. The number of hydrogen-bond donors (Lipinski definition) is 4. The molecule has 2 aromatic rings. The van der Waals surface area contributed by atoms with Crippen LogP contribution in [0.25, 0.3) is 0 Å². The topological polar surface area (TPSA) is 151 Å². The van der Waals surface area contributed by atoms with Crippen molar-refractivity contribution < 1.29 is 56.7 Å². The van der Waals surface area contributed by atoms with Gasteiger partial charge in [0.2, 0.25) is 18.9 Å². The Morgan fingerprint density at radius 2 is 1.87 bits per heavy atom. The molecular weight excluding hydrogens is 713 g/mol. The van der Waals surface area contributed by atoms with Gasteiger partial charge in [0.25, 0.3) is 0 Å². The number of aliphatic hydroxyl groups is 1. The first-order valence-corrected chi connectivity index (χ1v) is 18.5. The SMILES string of the molecule is CC[C@H](CCC(=O)N[C@H]1C[C@]12c1c(c(OC(C)=O)c(C)c3c1OCO3)CC1C3c4c(cc(C)c(OC)c4O)[C@H]4C[C@](O)(C4N3C)N12)NC(OC)C(F)(F)F. The van der Waals surface area contributed by atoms with Crippen LogP contribution < -0.4 is 29.6 Å². The molecule has 1 saturated heterocycles. The maximum atomic E-state index is 13.7. The number of fused-ring (bicyclic) bond motifs is 12. The van der Waals surface area contributed by atoms with E-state index in [9.17, 15) is 33.0 Å². The van der Waals surface area contributed by atoms with Crippen molar-refractivity contribution in [1.82, 2.24) is 20.4 Å². The van der Waals surface area contributed by atoms with Gasteiger partial charge in [0, 0.05) is 67.1 Å². The molecule has 1 amide bonds. The standard InChI is InChI=1S/C38H47F3N4O9/c1-8-19(42-35(51-7)38(39,40)41)9-10-25(47)43-24-14-36(24)27-21(31(54-18(4)46)17(3)32-33(27)53-15-52-32)12-23-28-26-20(11-16(2)30(50-6)29(26)48)22-13-37(49,45(23)36)34(22)44(28)5/h11,19,22-24,28,34-35,42,48-49H,8-10,12-15H2,1-7H3,(H,43,47)/t19-,22-,23?,24+,28?,34?,35?,36-,37+/m1/s1. The van der Waals surface area contributed by atoms with E-state index in [4.69, 9.17) is 18.9 Å². The Morgan fingerprint density at radius 3 is 2.52 bits per heavy atom. The van der Waals surface area contributed by atoms with Crippen LogP contribution in [0.2, 0.25) is 0 Å². The van der Waals surface area contributed by atoms with Gasteiger partial charge in [0.15, 0.2) is 23.0 Å². The van der Waals surface area contributed by atoms with Crippen LogP contribution in [-0.4, -0.2) is 102 Å². The van der Waals surface area contributed by atoms with Gasteiger partial charge in [-0.3, -0.25) is 24.7 Å². The Hall–Kier alpha value is -3.83. The highest BCUT2D eigenvalue weighted by atomic mass is 19.4. The molecule has 9 atom stereocenters. The number of nitrogens with zero attached hydrogens (tertiary/aromatic N) is 2. The second-order valence-electron chi connectivity index (χ2n) is 15.6. The Morgan fingerprint density at radius 1 is 1.15 bits per heavy atom. The third-order valence-corrected chi connectivity index (χ3v) is 12.8. The third kappa shape index (κ3) is 5.09. The van der Waals surface area contributed by atoms with Crippen LogP contribution >= 0.6 is 0 Å². The first-order valence-electron chi connectivity index (χ1n) is 18.5. The molecule has 4 heterocycles. The van der Waals surface area contributed by atoms with Crippen LogP contribution in [0.4, 0.5) is 13.2 Å². The van der Waals surface area contributed by atoms with Crippen molar-refractivity contribution >= 4 is 11.9 Å². The number of aromatic hydroxyl groups is 1. The fourth-order valence-electron chi connectivity index (χ4n) is 10.7. The molecule has 4 aliphatic heterocycles. The number of alkyl halides is 3. The minimum Gasteiger partial charge on any atom is -0.504 e. The number of nitrogens with one attached hydrogen (secondary N) is 2. The van der Waals surface area contributed by atoms with E-state index in [1.807, 2.05) is 20.0 Å².